The lowest BCUT2D eigenvalue weighted by molar-refractivity contribution is 0.0928. The number of rotatable bonds is 4. The predicted octanol–water partition coefficient (Wildman–Crippen LogP) is 2.35. The fourth-order valence-electron chi connectivity index (χ4n) is 2.50. The first kappa shape index (κ1) is 14.0. The number of carbonyl (C=O) groups excluding carboxylic acids is 1. The zero-order chi connectivity index (χ0) is 13.8. The maximum absolute atomic E-state index is 13.7. The van der Waals surface area contributed by atoms with Gasteiger partial charge in [0.1, 0.15) is 5.82 Å². The van der Waals surface area contributed by atoms with Crippen molar-refractivity contribution in [1.29, 1.82) is 0 Å². The van der Waals surface area contributed by atoms with Crippen LogP contribution >= 0.6 is 0 Å². The molecule has 104 valence electrons. The highest BCUT2D eigenvalue weighted by Gasteiger charge is 2.18. The molecule has 3 nitrogen and oxygen atoms in total. The van der Waals surface area contributed by atoms with Gasteiger partial charge in [-0.2, -0.15) is 0 Å². The van der Waals surface area contributed by atoms with Crippen molar-refractivity contribution >= 4 is 5.91 Å². The number of nitrogens with one attached hydrogen (secondary N) is 1. The van der Waals surface area contributed by atoms with Crippen molar-refractivity contribution in [3.63, 3.8) is 0 Å². The molecule has 0 bridgehead atoms. The number of halogens is 1. The first-order valence-corrected chi connectivity index (χ1v) is 6.85. The summed E-state index contributed by atoms with van der Waals surface area (Å²) < 4.78 is 13.7. The Morgan fingerprint density at radius 3 is 2.74 bits per heavy atom. The van der Waals surface area contributed by atoms with Crippen LogP contribution in [0.1, 0.15) is 35.7 Å². The normalized spacial score (nSPS) is 17.4. The molecule has 4 heteroatoms. The lowest BCUT2D eigenvalue weighted by atomic mass is 10.1. The van der Waals surface area contributed by atoms with Crippen molar-refractivity contribution in [3.8, 4) is 0 Å². The number of aryl methyl sites for hydroxylation is 1. The van der Waals surface area contributed by atoms with Crippen LogP contribution in [0.4, 0.5) is 4.39 Å². The van der Waals surface area contributed by atoms with Crippen LogP contribution in [-0.4, -0.2) is 36.5 Å². The number of hydrogen-bond acceptors (Lipinski definition) is 2. The molecule has 1 fully saturated rings. The lowest BCUT2D eigenvalue weighted by Crippen LogP contribution is -2.41. The second-order valence-corrected chi connectivity index (χ2v) is 5.37. The number of nitrogens with zero attached hydrogens (tertiary/aromatic N) is 1. The molecule has 1 aromatic carbocycles. The second kappa shape index (κ2) is 6.15. The summed E-state index contributed by atoms with van der Waals surface area (Å²) in [7, 11) is 0. The third kappa shape index (κ3) is 3.77. The third-order valence-corrected chi connectivity index (χ3v) is 3.48. The van der Waals surface area contributed by atoms with E-state index >= 15 is 0 Å². The smallest absolute Gasteiger partial charge is 0.254 e. The van der Waals surface area contributed by atoms with Gasteiger partial charge in [0.05, 0.1) is 5.56 Å². The molecule has 2 rings (SSSR count). The van der Waals surface area contributed by atoms with Crippen LogP contribution in [0.15, 0.2) is 18.2 Å². The van der Waals surface area contributed by atoms with Gasteiger partial charge in [0, 0.05) is 12.6 Å². The molecule has 1 atom stereocenters. The molecular weight excluding hydrogens is 243 g/mol. The van der Waals surface area contributed by atoms with Crippen LogP contribution in [-0.2, 0) is 0 Å². The Bertz CT molecular complexity index is 455. The van der Waals surface area contributed by atoms with Crippen LogP contribution in [0.5, 0.6) is 0 Å². The minimum absolute atomic E-state index is 0.0336. The van der Waals surface area contributed by atoms with E-state index in [1.807, 2.05) is 6.92 Å². The average molecular weight is 264 g/mol. The molecule has 1 aromatic rings. The van der Waals surface area contributed by atoms with E-state index in [0.29, 0.717) is 0 Å². The highest BCUT2D eigenvalue weighted by molar-refractivity contribution is 5.94. The van der Waals surface area contributed by atoms with Crippen LogP contribution in [0, 0.1) is 12.7 Å². The Balaban J connectivity index is 1.92. The number of amides is 1. The second-order valence-electron chi connectivity index (χ2n) is 5.37. The standard InChI is InChI=1S/C15H21FN2O/c1-11-5-6-13(14(16)9-11)15(19)17-12(2)10-18-7-3-4-8-18/h5-6,9,12H,3-4,7-8,10H2,1-2H3,(H,17,19). The quantitative estimate of drug-likeness (QED) is 0.905. The fraction of sp³-hybridized carbons (Fsp3) is 0.533. The Morgan fingerprint density at radius 1 is 1.42 bits per heavy atom. The molecular formula is C15H21FN2O. The summed E-state index contributed by atoms with van der Waals surface area (Å²) in [5.74, 6) is -0.782. The molecule has 1 N–H and O–H groups in total. The Morgan fingerprint density at radius 2 is 2.11 bits per heavy atom. The summed E-state index contributed by atoms with van der Waals surface area (Å²) in [6.45, 7) is 6.79. The molecule has 1 amide bonds. The molecule has 1 heterocycles. The number of hydrogen-bond donors (Lipinski definition) is 1. The van der Waals surface area contributed by atoms with Crippen molar-refractivity contribution in [2.75, 3.05) is 19.6 Å². The maximum atomic E-state index is 13.7. The van der Waals surface area contributed by atoms with E-state index in [-0.39, 0.29) is 17.5 Å². The molecule has 0 aliphatic carbocycles. The molecule has 19 heavy (non-hydrogen) atoms. The summed E-state index contributed by atoms with van der Waals surface area (Å²) in [4.78, 5) is 14.3. The van der Waals surface area contributed by atoms with Crippen LogP contribution in [0.2, 0.25) is 0 Å². The summed E-state index contributed by atoms with van der Waals surface area (Å²) >= 11 is 0. The maximum Gasteiger partial charge on any atom is 0.254 e. The Labute approximate surface area is 113 Å². The summed E-state index contributed by atoms with van der Waals surface area (Å²) in [5.41, 5.74) is 0.943. The number of carbonyl (C=O) groups is 1. The van der Waals surface area contributed by atoms with Gasteiger partial charge in [0.2, 0.25) is 0 Å². The Kier molecular flexibility index (Phi) is 4.53. The minimum atomic E-state index is -0.453. The third-order valence-electron chi connectivity index (χ3n) is 3.48. The van der Waals surface area contributed by atoms with E-state index in [1.54, 1.807) is 19.1 Å². The summed E-state index contributed by atoms with van der Waals surface area (Å²) in [6.07, 6.45) is 2.46. The highest BCUT2D eigenvalue weighted by atomic mass is 19.1. The van der Waals surface area contributed by atoms with E-state index in [4.69, 9.17) is 0 Å². The molecule has 0 saturated carbocycles. The van der Waals surface area contributed by atoms with E-state index in [9.17, 15) is 9.18 Å². The predicted molar refractivity (Wildman–Crippen MR) is 73.7 cm³/mol. The molecule has 0 radical (unpaired) electrons. The summed E-state index contributed by atoms with van der Waals surface area (Å²) in [6, 6.07) is 4.72. The largest absolute Gasteiger partial charge is 0.348 e. The van der Waals surface area contributed by atoms with Gasteiger partial charge in [-0.25, -0.2) is 4.39 Å². The van der Waals surface area contributed by atoms with Gasteiger partial charge in [-0.3, -0.25) is 4.79 Å². The van der Waals surface area contributed by atoms with Crippen molar-refractivity contribution < 1.29 is 9.18 Å². The van der Waals surface area contributed by atoms with Gasteiger partial charge < -0.3 is 10.2 Å². The van der Waals surface area contributed by atoms with Crippen LogP contribution in [0.3, 0.4) is 0 Å². The topological polar surface area (TPSA) is 32.3 Å². The highest BCUT2D eigenvalue weighted by Crippen LogP contribution is 2.11. The van der Waals surface area contributed by atoms with Gasteiger partial charge in [0.25, 0.3) is 5.91 Å². The zero-order valence-electron chi connectivity index (χ0n) is 11.6. The molecule has 1 aliphatic rings. The molecule has 1 aliphatic heterocycles. The molecule has 1 saturated heterocycles. The van der Waals surface area contributed by atoms with Gasteiger partial charge in [-0.15, -0.1) is 0 Å². The fourth-order valence-corrected chi connectivity index (χ4v) is 2.50. The summed E-state index contributed by atoms with van der Waals surface area (Å²) in [5, 5.41) is 2.86. The molecule has 0 aromatic heterocycles. The van der Waals surface area contributed by atoms with Gasteiger partial charge >= 0.3 is 0 Å². The van der Waals surface area contributed by atoms with Crippen molar-refractivity contribution in [3.05, 3.63) is 35.1 Å². The van der Waals surface area contributed by atoms with E-state index in [0.717, 1.165) is 25.2 Å². The van der Waals surface area contributed by atoms with Crippen LogP contribution in [0.25, 0.3) is 0 Å². The van der Waals surface area contributed by atoms with E-state index in [2.05, 4.69) is 10.2 Å². The average Bonchev–Trinajstić information content (AvgIpc) is 2.81. The molecule has 0 spiro atoms. The van der Waals surface area contributed by atoms with Gasteiger partial charge in [0.15, 0.2) is 0 Å². The first-order chi connectivity index (χ1) is 9.06. The monoisotopic (exact) mass is 264 g/mol. The zero-order valence-corrected chi connectivity index (χ0v) is 11.6. The number of benzene rings is 1. The van der Waals surface area contributed by atoms with E-state index < -0.39 is 5.82 Å². The SMILES string of the molecule is Cc1ccc(C(=O)NC(C)CN2CCCC2)c(F)c1. The van der Waals surface area contributed by atoms with Gasteiger partial charge in [-0.05, 0) is 57.5 Å². The van der Waals surface area contributed by atoms with Crippen molar-refractivity contribution in [2.45, 2.75) is 32.7 Å². The molecule has 1 unspecified atom stereocenters. The lowest BCUT2D eigenvalue weighted by Gasteiger charge is -2.21. The minimum Gasteiger partial charge on any atom is -0.348 e. The van der Waals surface area contributed by atoms with Crippen LogP contribution < -0.4 is 5.32 Å². The van der Waals surface area contributed by atoms with Crippen molar-refractivity contribution in [1.82, 2.24) is 10.2 Å². The van der Waals surface area contributed by atoms with Gasteiger partial charge in [-0.1, -0.05) is 6.07 Å². The number of likely N-dealkylation sites (tertiary alicyclic amines) is 1. The Hall–Kier alpha value is -1.42. The van der Waals surface area contributed by atoms with Crippen molar-refractivity contribution in [2.24, 2.45) is 0 Å². The first-order valence-electron chi connectivity index (χ1n) is 6.85. The van der Waals surface area contributed by atoms with E-state index in [1.165, 1.54) is 18.9 Å².